The van der Waals surface area contributed by atoms with Crippen LogP contribution in [0.5, 0.6) is 0 Å². The van der Waals surface area contributed by atoms with Crippen LogP contribution in [0.3, 0.4) is 0 Å². The van der Waals surface area contributed by atoms with Crippen LogP contribution in [0.2, 0.25) is 0 Å². The Bertz CT molecular complexity index is 567. The van der Waals surface area contributed by atoms with E-state index in [0.717, 1.165) is 15.0 Å². The fourth-order valence-corrected chi connectivity index (χ4v) is 2.08. The van der Waals surface area contributed by atoms with Gasteiger partial charge in [0.15, 0.2) is 0 Å². The molecule has 0 aliphatic rings. The molecule has 0 bridgehead atoms. The van der Waals surface area contributed by atoms with E-state index in [0.29, 0.717) is 5.52 Å². The molecule has 0 aliphatic heterocycles. The van der Waals surface area contributed by atoms with Crippen LogP contribution in [0.25, 0.3) is 5.52 Å². The van der Waals surface area contributed by atoms with Crippen molar-refractivity contribution in [2.24, 2.45) is 7.05 Å². The smallest absolute Gasteiger partial charge is 0.277 e. The topological polar surface area (TPSA) is 39.3 Å². The van der Waals surface area contributed by atoms with Crippen molar-refractivity contribution in [3.8, 4) is 0 Å². The lowest BCUT2D eigenvalue weighted by atomic mass is 10.4. The number of hydrogen-bond donors (Lipinski definition) is 0. The van der Waals surface area contributed by atoms with Crippen molar-refractivity contribution in [3.05, 3.63) is 31.5 Å². The molecule has 0 aliphatic carbocycles. The van der Waals surface area contributed by atoms with Crippen LogP contribution < -0.4 is 5.56 Å². The van der Waals surface area contributed by atoms with Gasteiger partial charge in [-0.05, 0) is 36.4 Å². The number of hydrogen-bond acceptors (Lipinski definition) is 2. The van der Waals surface area contributed by atoms with Crippen molar-refractivity contribution in [1.29, 1.82) is 0 Å². The largest absolute Gasteiger partial charge is 0.315 e. The lowest BCUT2D eigenvalue weighted by Crippen LogP contribution is -2.20. The molecule has 0 atom stereocenters. The van der Waals surface area contributed by atoms with Gasteiger partial charge < -0.3 is 4.57 Å². The lowest BCUT2D eigenvalue weighted by molar-refractivity contribution is 0.791. The van der Waals surface area contributed by atoms with E-state index in [-0.39, 0.29) is 5.56 Å². The van der Waals surface area contributed by atoms with Crippen LogP contribution in [0.1, 0.15) is 11.4 Å². The number of aromatic nitrogens is 3. The van der Waals surface area contributed by atoms with Crippen molar-refractivity contribution in [3.63, 3.8) is 0 Å². The number of aryl methyl sites for hydroxylation is 3. The molecule has 0 N–H and O–H groups in total. The second-order valence-corrected chi connectivity index (χ2v) is 4.43. The first kappa shape index (κ1) is 9.70. The van der Waals surface area contributed by atoms with Gasteiger partial charge in [-0.3, -0.25) is 4.79 Å². The summed E-state index contributed by atoms with van der Waals surface area (Å²) in [6, 6.07) is 0. The van der Waals surface area contributed by atoms with E-state index in [2.05, 4.69) is 27.7 Å². The highest BCUT2D eigenvalue weighted by atomic mass is 127. The standard InChI is InChI=1S/C9H10IN3O/c1-5-4-12(3)9(14)8-7(10)6(2)11-13(5)8/h4H,1-3H3. The van der Waals surface area contributed by atoms with E-state index < -0.39 is 0 Å². The summed E-state index contributed by atoms with van der Waals surface area (Å²) in [7, 11) is 1.76. The first-order valence-electron chi connectivity index (χ1n) is 4.23. The second kappa shape index (κ2) is 3.08. The minimum atomic E-state index is 0.000556. The molecule has 5 heteroatoms. The van der Waals surface area contributed by atoms with Crippen LogP contribution in [-0.2, 0) is 7.05 Å². The van der Waals surface area contributed by atoms with Gasteiger partial charge in [-0.2, -0.15) is 5.10 Å². The lowest BCUT2D eigenvalue weighted by Gasteiger charge is -2.02. The van der Waals surface area contributed by atoms with Crippen LogP contribution in [-0.4, -0.2) is 14.2 Å². The number of halogens is 1. The van der Waals surface area contributed by atoms with Gasteiger partial charge in [-0.25, -0.2) is 4.52 Å². The highest BCUT2D eigenvalue weighted by Crippen LogP contribution is 2.15. The highest BCUT2D eigenvalue weighted by molar-refractivity contribution is 14.1. The molecule has 0 fully saturated rings. The molecule has 0 radical (unpaired) electrons. The van der Waals surface area contributed by atoms with Crippen molar-refractivity contribution in [2.45, 2.75) is 13.8 Å². The van der Waals surface area contributed by atoms with Crippen LogP contribution in [0, 0.1) is 17.4 Å². The molecule has 14 heavy (non-hydrogen) atoms. The summed E-state index contributed by atoms with van der Waals surface area (Å²) in [6.07, 6.45) is 1.79. The number of fused-ring (bicyclic) bond motifs is 1. The fourth-order valence-electron chi connectivity index (χ4n) is 1.51. The van der Waals surface area contributed by atoms with E-state index in [9.17, 15) is 4.79 Å². The molecule has 0 saturated carbocycles. The van der Waals surface area contributed by atoms with Gasteiger partial charge in [0.2, 0.25) is 0 Å². The Balaban J connectivity index is 3.11. The predicted octanol–water partition coefficient (Wildman–Crippen LogP) is 1.25. The van der Waals surface area contributed by atoms with Gasteiger partial charge in [-0.1, -0.05) is 0 Å². The summed E-state index contributed by atoms with van der Waals surface area (Å²) < 4.78 is 4.24. The van der Waals surface area contributed by atoms with Gasteiger partial charge >= 0.3 is 0 Å². The SMILES string of the molecule is Cc1nn2c(C)cn(C)c(=O)c2c1I. The first-order chi connectivity index (χ1) is 6.52. The van der Waals surface area contributed by atoms with E-state index in [1.165, 1.54) is 0 Å². The number of rotatable bonds is 0. The third-order valence-electron chi connectivity index (χ3n) is 2.22. The van der Waals surface area contributed by atoms with Crippen molar-refractivity contribution in [1.82, 2.24) is 14.2 Å². The Labute approximate surface area is 94.7 Å². The van der Waals surface area contributed by atoms with Crippen LogP contribution in [0.4, 0.5) is 0 Å². The molecule has 2 rings (SSSR count). The molecule has 0 unspecified atom stereocenters. The second-order valence-electron chi connectivity index (χ2n) is 3.35. The minimum Gasteiger partial charge on any atom is -0.315 e. The zero-order valence-corrected chi connectivity index (χ0v) is 10.4. The Kier molecular flexibility index (Phi) is 2.13. The van der Waals surface area contributed by atoms with E-state index in [4.69, 9.17) is 0 Å². The molecular weight excluding hydrogens is 293 g/mol. The molecule has 74 valence electrons. The van der Waals surface area contributed by atoms with Gasteiger partial charge in [0.05, 0.1) is 15.0 Å². The van der Waals surface area contributed by atoms with Crippen LogP contribution >= 0.6 is 22.6 Å². The molecule has 0 saturated heterocycles. The molecule has 0 amide bonds. The third kappa shape index (κ3) is 1.18. The van der Waals surface area contributed by atoms with Gasteiger partial charge in [-0.15, -0.1) is 0 Å². The summed E-state index contributed by atoms with van der Waals surface area (Å²) in [6.45, 7) is 3.85. The van der Waals surface area contributed by atoms with Crippen molar-refractivity contribution < 1.29 is 0 Å². The van der Waals surface area contributed by atoms with Gasteiger partial charge in [0.25, 0.3) is 5.56 Å². The van der Waals surface area contributed by atoms with E-state index >= 15 is 0 Å². The summed E-state index contributed by atoms with van der Waals surface area (Å²) in [4.78, 5) is 11.8. The molecule has 4 nitrogen and oxygen atoms in total. The monoisotopic (exact) mass is 303 g/mol. The maximum Gasteiger partial charge on any atom is 0.277 e. The fraction of sp³-hybridized carbons (Fsp3) is 0.333. The molecule has 0 spiro atoms. The Morgan fingerprint density at radius 1 is 1.43 bits per heavy atom. The summed E-state index contributed by atoms with van der Waals surface area (Å²) in [5, 5.41) is 4.31. The summed E-state index contributed by atoms with van der Waals surface area (Å²) >= 11 is 2.16. The van der Waals surface area contributed by atoms with Crippen molar-refractivity contribution >= 4 is 28.1 Å². The van der Waals surface area contributed by atoms with Gasteiger partial charge in [0, 0.05) is 13.2 Å². The quantitative estimate of drug-likeness (QED) is 0.687. The average Bonchev–Trinajstić information content (AvgIpc) is 2.41. The Morgan fingerprint density at radius 2 is 2.07 bits per heavy atom. The molecule has 2 heterocycles. The Hall–Kier alpha value is -0.850. The molecule has 0 aromatic carbocycles. The zero-order chi connectivity index (χ0) is 10.5. The summed E-state index contributed by atoms with van der Waals surface area (Å²) in [5.74, 6) is 0. The zero-order valence-electron chi connectivity index (χ0n) is 8.21. The van der Waals surface area contributed by atoms with Crippen LogP contribution in [0.15, 0.2) is 11.0 Å². The maximum atomic E-state index is 11.8. The highest BCUT2D eigenvalue weighted by Gasteiger charge is 2.12. The predicted molar refractivity (Wildman–Crippen MR) is 62.6 cm³/mol. The van der Waals surface area contributed by atoms with Crippen molar-refractivity contribution in [2.75, 3.05) is 0 Å². The molecule has 2 aromatic rings. The van der Waals surface area contributed by atoms with E-state index in [1.807, 2.05) is 13.8 Å². The van der Waals surface area contributed by atoms with Gasteiger partial charge in [0.1, 0.15) is 5.52 Å². The minimum absolute atomic E-state index is 0.000556. The normalized spacial score (nSPS) is 11.1. The average molecular weight is 303 g/mol. The molecular formula is C9H10IN3O. The summed E-state index contributed by atoms with van der Waals surface area (Å²) in [5.41, 5.74) is 2.54. The third-order valence-corrected chi connectivity index (χ3v) is 3.52. The Morgan fingerprint density at radius 3 is 2.71 bits per heavy atom. The molecule has 2 aromatic heterocycles. The van der Waals surface area contributed by atoms with E-state index in [1.54, 1.807) is 22.3 Å². The maximum absolute atomic E-state index is 11.8. The first-order valence-corrected chi connectivity index (χ1v) is 5.31. The number of nitrogens with zero attached hydrogens (tertiary/aromatic N) is 3.